The van der Waals surface area contributed by atoms with E-state index in [0.29, 0.717) is 5.56 Å². The highest BCUT2D eigenvalue weighted by Crippen LogP contribution is 2.53. The minimum absolute atomic E-state index is 0.131. The molecule has 2 heteroatoms. The van der Waals surface area contributed by atoms with Crippen molar-refractivity contribution in [2.75, 3.05) is 4.90 Å². The number of hydrogen-bond acceptors (Lipinski definition) is 2. The van der Waals surface area contributed by atoms with Crippen LogP contribution in [-0.4, -0.2) is 0 Å². The lowest BCUT2D eigenvalue weighted by atomic mass is 9.73. The maximum absolute atomic E-state index is 9.74. The van der Waals surface area contributed by atoms with E-state index in [1.807, 2.05) is 24.3 Å². The lowest BCUT2D eigenvalue weighted by Crippen LogP contribution is -2.30. The Bertz CT molecular complexity index is 1260. The van der Waals surface area contributed by atoms with Crippen LogP contribution < -0.4 is 4.90 Å². The summed E-state index contributed by atoms with van der Waals surface area (Å²) in [5.41, 5.74) is 6.29. The van der Waals surface area contributed by atoms with Crippen molar-refractivity contribution in [3.8, 4) is 6.07 Å². The molecule has 0 saturated heterocycles. The van der Waals surface area contributed by atoms with Gasteiger partial charge in [0.05, 0.1) is 22.6 Å². The van der Waals surface area contributed by atoms with Crippen LogP contribution in [0.2, 0.25) is 0 Å². The summed E-state index contributed by atoms with van der Waals surface area (Å²) in [6.07, 6.45) is 0. The second kappa shape index (κ2) is 5.97. The molecule has 0 amide bonds. The molecule has 1 heterocycles. The monoisotopic (exact) mass is 360 g/mol. The molecule has 4 aromatic carbocycles. The number of nitrogens with zero attached hydrogens (tertiary/aromatic N) is 2. The Labute approximate surface area is 165 Å². The molecule has 0 N–H and O–H groups in total. The Kier molecular flexibility index (Phi) is 3.54. The maximum Gasteiger partial charge on any atom is 0.101 e. The quantitative estimate of drug-likeness (QED) is 0.372. The van der Waals surface area contributed by atoms with Crippen LogP contribution in [0.5, 0.6) is 0 Å². The van der Waals surface area contributed by atoms with Crippen LogP contribution in [0.3, 0.4) is 0 Å². The lowest BCUT2D eigenvalue weighted by Gasteiger charge is -2.42. The van der Waals surface area contributed by atoms with Gasteiger partial charge in [0, 0.05) is 5.41 Å². The number of benzene rings is 4. The van der Waals surface area contributed by atoms with Crippen molar-refractivity contribution in [3.63, 3.8) is 0 Å². The first-order valence-corrected chi connectivity index (χ1v) is 9.53. The molecule has 1 aliphatic rings. The fourth-order valence-corrected chi connectivity index (χ4v) is 4.41. The van der Waals surface area contributed by atoms with Gasteiger partial charge in [-0.3, -0.25) is 0 Å². The van der Waals surface area contributed by atoms with E-state index < -0.39 is 0 Å². The zero-order valence-electron chi connectivity index (χ0n) is 16.0. The normalized spacial score (nSPS) is 14.2. The molecule has 4 aromatic rings. The molecule has 0 atom stereocenters. The molecule has 0 spiro atoms. The number of nitriles is 1. The number of fused-ring (bicyclic) bond motifs is 3. The van der Waals surface area contributed by atoms with Gasteiger partial charge >= 0.3 is 0 Å². The highest BCUT2D eigenvalue weighted by molar-refractivity contribution is 5.95. The minimum Gasteiger partial charge on any atom is -0.309 e. The summed E-state index contributed by atoms with van der Waals surface area (Å²) in [6, 6.07) is 31.8. The van der Waals surface area contributed by atoms with Crippen molar-refractivity contribution in [1.29, 1.82) is 5.26 Å². The van der Waals surface area contributed by atoms with Crippen molar-refractivity contribution >= 4 is 27.8 Å². The summed E-state index contributed by atoms with van der Waals surface area (Å²) in [6.45, 7) is 4.57. The topological polar surface area (TPSA) is 27.0 Å². The van der Waals surface area contributed by atoms with E-state index in [1.54, 1.807) is 0 Å². The zero-order chi connectivity index (χ0) is 19.3. The smallest absolute Gasteiger partial charge is 0.101 e. The maximum atomic E-state index is 9.74. The molecule has 0 bridgehead atoms. The predicted octanol–water partition coefficient (Wildman–Crippen LogP) is 6.82. The van der Waals surface area contributed by atoms with Crippen molar-refractivity contribution < 1.29 is 0 Å². The van der Waals surface area contributed by atoms with Gasteiger partial charge in [-0.15, -0.1) is 0 Å². The molecular weight excluding hydrogens is 340 g/mol. The first kappa shape index (κ1) is 16.6. The average molecular weight is 360 g/mol. The molecular formula is C26H20N2. The number of para-hydroxylation sites is 2. The van der Waals surface area contributed by atoms with Gasteiger partial charge in [-0.1, -0.05) is 68.4 Å². The molecule has 0 aromatic heterocycles. The van der Waals surface area contributed by atoms with E-state index in [9.17, 15) is 5.26 Å². The third kappa shape index (κ3) is 2.27. The summed E-state index contributed by atoms with van der Waals surface area (Å²) >= 11 is 0. The SMILES string of the molecule is CC1(C)c2ccccc2N(c2ccccc2C#N)c2cc3ccccc3cc21. The van der Waals surface area contributed by atoms with Gasteiger partial charge < -0.3 is 4.90 Å². The largest absolute Gasteiger partial charge is 0.309 e. The average Bonchev–Trinajstić information content (AvgIpc) is 2.73. The van der Waals surface area contributed by atoms with E-state index >= 15 is 0 Å². The second-order valence-electron chi connectivity index (χ2n) is 7.82. The van der Waals surface area contributed by atoms with Gasteiger partial charge in [-0.05, 0) is 52.2 Å². The van der Waals surface area contributed by atoms with Crippen LogP contribution in [0.25, 0.3) is 10.8 Å². The molecule has 0 saturated carbocycles. The summed E-state index contributed by atoms with van der Waals surface area (Å²) < 4.78 is 0. The van der Waals surface area contributed by atoms with Crippen LogP contribution in [0, 0.1) is 11.3 Å². The third-order valence-electron chi connectivity index (χ3n) is 5.86. The Morgan fingerprint density at radius 3 is 2.04 bits per heavy atom. The highest BCUT2D eigenvalue weighted by atomic mass is 15.2. The van der Waals surface area contributed by atoms with Crippen molar-refractivity contribution in [2.24, 2.45) is 0 Å². The number of hydrogen-bond donors (Lipinski definition) is 0. The van der Waals surface area contributed by atoms with Gasteiger partial charge in [0.2, 0.25) is 0 Å². The Hall–Kier alpha value is -3.57. The molecule has 0 radical (unpaired) electrons. The second-order valence-corrected chi connectivity index (χ2v) is 7.82. The van der Waals surface area contributed by atoms with E-state index in [4.69, 9.17) is 0 Å². The van der Waals surface area contributed by atoms with E-state index in [-0.39, 0.29) is 5.41 Å². The Morgan fingerprint density at radius 2 is 1.29 bits per heavy atom. The van der Waals surface area contributed by atoms with Gasteiger partial charge in [0.15, 0.2) is 0 Å². The van der Waals surface area contributed by atoms with E-state index in [1.165, 1.54) is 21.9 Å². The highest BCUT2D eigenvalue weighted by Gasteiger charge is 2.37. The molecule has 0 unspecified atom stereocenters. The summed E-state index contributed by atoms with van der Waals surface area (Å²) in [4.78, 5) is 2.25. The van der Waals surface area contributed by atoms with Crippen LogP contribution in [0.15, 0.2) is 84.9 Å². The van der Waals surface area contributed by atoms with E-state index in [0.717, 1.165) is 17.1 Å². The molecule has 1 aliphatic heterocycles. The zero-order valence-corrected chi connectivity index (χ0v) is 16.0. The van der Waals surface area contributed by atoms with Gasteiger partial charge in [-0.2, -0.15) is 5.26 Å². The van der Waals surface area contributed by atoms with Crippen LogP contribution in [0.4, 0.5) is 17.1 Å². The molecule has 134 valence electrons. The van der Waals surface area contributed by atoms with Crippen molar-refractivity contribution in [1.82, 2.24) is 0 Å². The van der Waals surface area contributed by atoms with Crippen LogP contribution >= 0.6 is 0 Å². The third-order valence-corrected chi connectivity index (χ3v) is 5.86. The standard InChI is InChI=1S/C26H20N2/c1-26(2)21-12-6-8-14-24(21)28(23-13-7-5-11-20(23)17-27)25-16-19-10-4-3-9-18(19)15-22(25)26/h3-16H,1-2H3. The van der Waals surface area contributed by atoms with Crippen LogP contribution in [-0.2, 0) is 5.41 Å². The molecule has 0 fully saturated rings. The molecule has 0 aliphatic carbocycles. The van der Waals surface area contributed by atoms with Crippen molar-refractivity contribution in [2.45, 2.75) is 19.3 Å². The Morgan fingerprint density at radius 1 is 0.679 bits per heavy atom. The van der Waals surface area contributed by atoms with Gasteiger partial charge in [0.25, 0.3) is 0 Å². The first-order valence-electron chi connectivity index (χ1n) is 9.53. The molecule has 5 rings (SSSR count). The molecule has 2 nitrogen and oxygen atoms in total. The molecule has 28 heavy (non-hydrogen) atoms. The predicted molar refractivity (Wildman–Crippen MR) is 115 cm³/mol. The number of anilines is 3. The summed E-state index contributed by atoms with van der Waals surface area (Å²) in [5.74, 6) is 0. The minimum atomic E-state index is -0.131. The fraction of sp³-hybridized carbons (Fsp3) is 0.115. The number of rotatable bonds is 1. The summed E-state index contributed by atoms with van der Waals surface area (Å²) in [7, 11) is 0. The van der Waals surface area contributed by atoms with E-state index in [2.05, 4.69) is 85.5 Å². The summed E-state index contributed by atoms with van der Waals surface area (Å²) in [5, 5.41) is 12.2. The van der Waals surface area contributed by atoms with Gasteiger partial charge in [-0.25, -0.2) is 0 Å². The van der Waals surface area contributed by atoms with Gasteiger partial charge in [0.1, 0.15) is 6.07 Å². The first-order chi connectivity index (χ1) is 13.6. The Balaban J connectivity index is 1.91. The lowest BCUT2D eigenvalue weighted by molar-refractivity contribution is 0.633. The van der Waals surface area contributed by atoms with Crippen LogP contribution in [0.1, 0.15) is 30.5 Å². The fourth-order valence-electron chi connectivity index (χ4n) is 4.41. The van der Waals surface area contributed by atoms with Crippen molar-refractivity contribution in [3.05, 3.63) is 102 Å².